The lowest BCUT2D eigenvalue weighted by atomic mass is 10.0. The van der Waals surface area contributed by atoms with Gasteiger partial charge in [0.2, 0.25) is 0 Å². The van der Waals surface area contributed by atoms with Crippen LogP contribution in [0.5, 0.6) is 11.5 Å². The van der Waals surface area contributed by atoms with Crippen LogP contribution in [0.3, 0.4) is 0 Å². The second-order valence-corrected chi connectivity index (χ2v) is 18.8. The molecule has 2 aliphatic carbocycles. The van der Waals surface area contributed by atoms with Gasteiger partial charge in [0.25, 0.3) is 11.4 Å². The van der Waals surface area contributed by atoms with Gasteiger partial charge < -0.3 is 9.47 Å². The monoisotopic (exact) mass is 758 g/mol. The number of ether oxygens (including phenoxy) is 2. The van der Waals surface area contributed by atoms with E-state index in [1.807, 2.05) is 0 Å². The van der Waals surface area contributed by atoms with Crippen LogP contribution in [0.15, 0.2) is 34.3 Å². The highest BCUT2D eigenvalue weighted by molar-refractivity contribution is 7.32. The van der Waals surface area contributed by atoms with Gasteiger partial charge in [0, 0.05) is 73.1 Å². The quantitative estimate of drug-likeness (QED) is 0.125. The molecule has 0 saturated carbocycles. The van der Waals surface area contributed by atoms with E-state index < -0.39 is 0 Å². The summed E-state index contributed by atoms with van der Waals surface area (Å²) in [5.74, 6) is 2.00. The van der Waals surface area contributed by atoms with Crippen molar-refractivity contribution in [3.8, 4) is 44.5 Å². The highest BCUT2D eigenvalue weighted by Gasteiger charge is 2.41. The largest absolute Gasteiger partial charge is 0.491 e. The third kappa shape index (κ3) is 4.16. The Morgan fingerprint density at radius 2 is 1.06 bits per heavy atom. The zero-order chi connectivity index (χ0) is 34.6. The Bertz CT molecular complexity index is 2660. The van der Waals surface area contributed by atoms with E-state index >= 15 is 0 Å². The topological polar surface area (TPSA) is 74.8 Å². The predicted octanol–water partition coefficient (Wildman–Crippen LogP) is 13.1. The summed E-state index contributed by atoms with van der Waals surface area (Å²) < 4.78 is 20.1. The molecule has 0 aliphatic heterocycles. The van der Waals surface area contributed by atoms with Crippen molar-refractivity contribution in [1.82, 2.24) is 0 Å². The summed E-state index contributed by atoms with van der Waals surface area (Å²) in [7, 11) is 0. The maximum absolute atomic E-state index is 10.2. The van der Waals surface area contributed by atoms with E-state index in [0.29, 0.717) is 24.4 Å². The Labute approximate surface area is 311 Å². The molecule has 0 bridgehead atoms. The zero-order valence-electron chi connectivity index (χ0n) is 26.9. The van der Waals surface area contributed by atoms with Gasteiger partial charge >= 0.3 is 0 Å². The van der Waals surface area contributed by atoms with Gasteiger partial charge in [-0.1, -0.05) is 27.7 Å². The fraction of sp³-hybridized carbons (Fsp3) is 0.211. The number of fused-ring (bicyclic) bond motifs is 14. The second kappa shape index (κ2) is 11.5. The Kier molecular flexibility index (Phi) is 7.25. The van der Waals surface area contributed by atoms with Crippen molar-refractivity contribution in [2.45, 2.75) is 27.7 Å². The molecule has 0 amide bonds. The molecule has 6 heterocycles. The SMILES string of the molecule is [C-]#[N+]/C(C#N)=C1\c2sc3c(OCC(C)C)c4c5c(sc4c(OCC(C)C)c3c2-c2sc3ccsc3c21)/C(=C(\C#N)[N+]#[C-])c1c-5sc2ccsc12. The van der Waals surface area contributed by atoms with E-state index in [2.05, 4.69) is 72.4 Å². The Balaban J connectivity index is 1.49. The predicted molar refractivity (Wildman–Crippen MR) is 212 cm³/mol. The Morgan fingerprint density at radius 3 is 1.42 bits per heavy atom. The fourth-order valence-electron chi connectivity index (χ4n) is 6.81. The third-order valence-electron chi connectivity index (χ3n) is 8.71. The molecule has 242 valence electrons. The van der Waals surface area contributed by atoms with Crippen molar-refractivity contribution in [3.05, 3.63) is 78.0 Å². The first kappa shape index (κ1) is 31.5. The Hall–Kier alpha value is -4.50. The molecule has 7 aromatic rings. The van der Waals surface area contributed by atoms with Gasteiger partial charge in [-0.25, -0.2) is 20.2 Å². The number of benzene rings is 1. The molecule has 0 N–H and O–H groups in total. The zero-order valence-corrected chi connectivity index (χ0v) is 31.8. The van der Waals surface area contributed by atoms with Gasteiger partial charge in [-0.2, -0.15) is 0 Å². The van der Waals surface area contributed by atoms with Gasteiger partial charge in [0.05, 0.1) is 57.3 Å². The number of nitriles is 2. The number of hydrogen-bond donors (Lipinski definition) is 0. The molecule has 0 radical (unpaired) electrons. The van der Waals surface area contributed by atoms with Gasteiger partial charge in [-0.3, -0.25) is 0 Å². The van der Waals surface area contributed by atoms with E-state index in [1.165, 1.54) is 0 Å². The van der Waals surface area contributed by atoms with E-state index in [0.717, 1.165) is 92.2 Å². The van der Waals surface area contributed by atoms with Crippen LogP contribution in [0.1, 0.15) is 48.6 Å². The molecule has 50 heavy (non-hydrogen) atoms. The molecule has 12 heteroatoms. The van der Waals surface area contributed by atoms with Crippen molar-refractivity contribution in [2.24, 2.45) is 11.8 Å². The molecular formula is C38H22N4O2S6. The van der Waals surface area contributed by atoms with Crippen LogP contribution in [0.25, 0.3) is 80.7 Å². The number of rotatable bonds is 6. The van der Waals surface area contributed by atoms with Crippen LogP contribution in [0, 0.1) is 47.6 Å². The first-order chi connectivity index (χ1) is 24.3. The lowest BCUT2D eigenvalue weighted by Gasteiger charge is -2.17. The minimum atomic E-state index is 0.0860. The molecule has 6 nitrogen and oxygen atoms in total. The van der Waals surface area contributed by atoms with Crippen molar-refractivity contribution < 1.29 is 9.47 Å². The highest BCUT2D eigenvalue weighted by atomic mass is 32.1. The molecular weight excluding hydrogens is 737 g/mol. The summed E-state index contributed by atoms with van der Waals surface area (Å²) in [4.78, 5) is 11.4. The van der Waals surface area contributed by atoms with E-state index in [1.54, 1.807) is 68.0 Å². The van der Waals surface area contributed by atoms with Crippen molar-refractivity contribution in [3.63, 3.8) is 0 Å². The van der Waals surface area contributed by atoms with Gasteiger partial charge in [0.1, 0.15) is 11.5 Å². The molecule has 0 saturated heterocycles. The van der Waals surface area contributed by atoms with Crippen molar-refractivity contribution >= 4 is 118 Å². The smallest absolute Gasteiger partial charge is 0.271 e. The van der Waals surface area contributed by atoms with Gasteiger partial charge in [-0.15, -0.1) is 68.0 Å². The number of thiophene rings is 6. The van der Waals surface area contributed by atoms with Crippen LogP contribution >= 0.6 is 68.0 Å². The molecule has 9 rings (SSSR count). The molecule has 0 atom stereocenters. The van der Waals surface area contributed by atoms with Crippen LogP contribution in [0.2, 0.25) is 0 Å². The summed E-state index contributed by atoms with van der Waals surface area (Å²) in [5, 5.41) is 26.5. The summed E-state index contributed by atoms with van der Waals surface area (Å²) in [5.41, 5.74) is 5.49. The van der Waals surface area contributed by atoms with E-state index in [9.17, 15) is 10.5 Å². The van der Waals surface area contributed by atoms with Crippen LogP contribution in [0.4, 0.5) is 0 Å². The molecule has 6 aromatic heterocycles. The summed E-state index contributed by atoms with van der Waals surface area (Å²) >= 11 is 9.80. The second-order valence-electron chi connectivity index (χ2n) is 12.8. The number of hydrogen-bond acceptors (Lipinski definition) is 10. The van der Waals surface area contributed by atoms with E-state index in [4.69, 9.17) is 22.6 Å². The Morgan fingerprint density at radius 1 is 0.640 bits per heavy atom. The summed E-state index contributed by atoms with van der Waals surface area (Å²) in [6.45, 7) is 25.5. The van der Waals surface area contributed by atoms with Crippen LogP contribution in [-0.2, 0) is 0 Å². The van der Waals surface area contributed by atoms with Crippen molar-refractivity contribution in [2.75, 3.05) is 13.2 Å². The molecule has 0 unspecified atom stereocenters. The fourth-order valence-corrected chi connectivity index (χ4v) is 14.5. The van der Waals surface area contributed by atoms with Crippen LogP contribution < -0.4 is 9.47 Å². The minimum Gasteiger partial charge on any atom is -0.491 e. The average Bonchev–Trinajstić information content (AvgIpc) is 3.93. The van der Waals surface area contributed by atoms with Gasteiger partial charge in [0.15, 0.2) is 0 Å². The minimum absolute atomic E-state index is 0.0860. The molecule has 0 spiro atoms. The van der Waals surface area contributed by atoms with E-state index in [-0.39, 0.29) is 23.2 Å². The number of allylic oxidation sites excluding steroid dienone is 2. The molecule has 0 fully saturated rings. The summed E-state index contributed by atoms with van der Waals surface area (Å²) in [6, 6.07) is 8.64. The molecule has 2 aliphatic rings. The molecule has 1 aromatic carbocycles. The lowest BCUT2D eigenvalue weighted by Crippen LogP contribution is -2.07. The van der Waals surface area contributed by atoms with Crippen LogP contribution in [-0.4, -0.2) is 13.2 Å². The van der Waals surface area contributed by atoms with Gasteiger partial charge in [-0.05, 0) is 34.7 Å². The maximum atomic E-state index is 10.2. The maximum Gasteiger partial charge on any atom is 0.271 e. The highest BCUT2D eigenvalue weighted by Crippen LogP contribution is 2.67. The standard InChI is InChI=1S/C38H22N4O2S6/c1-15(2)13-43-29-23-27-33(21(17(11-39)41-5)25-31-19(7-9-45-31)47-35(25)27)50-38(23)30(44-14-16(3)4)24-28-34(49-37(24)29)22(18(12-40)42-6)26-32-20(8-10-46-32)48-36(26)28/h7-10,15-16H,13-14H2,1-4H3/b21-17-,22-18+. The third-order valence-corrected chi connectivity index (χ3v) is 15.6. The number of nitrogens with zero attached hydrogens (tertiary/aromatic N) is 4. The first-order valence-electron chi connectivity index (χ1n) is 15.7. The summed E-state index contributed by atoms with van der Waals surface area (Å²) in [6.07, 6.45) is 0. The normalized spacial score (nSPS) is 14.9. The first-order valence-corrected chi connectivity index (χ1v) is 20.7. The lowest BCUT2D eigenvalue weighted by molar-refractivity contribution is 0.273. The van der Waals surface area contributed by atoms with Crippen molar-refractivity contribution in [1.29, 1.82) is 10.5 Å². The average molecular weight is 759 g/mol.